The molecule has 0 aromatic rings. The van der Waals surface area contributed by atoms with E-state index < -0.39 is 0 Å². The summed E-state index contributed by atoms with van der Waals surface area (Å²) in [7, 11) is 3.40. The van der Waals surface area contributed by atoms with Crippen LogP contribution in [0.25, 0.3) is 0 Å². The first-order valence-corrected chi connectivity index (χ1v) is 6.80. The fourth-order valence-electron chi connectivity index (χ4n) is 1.97. The molecule has 0 bridgehead atoms. The van der Waals surface area contributed by atoms with Gasteiger partial charge in [-0.15, -0.1) is 0 Å². The van der Waals surface area contributed by atoms with Gasteiger partial charge in [0, 0.05) is 45.9 Å². The Hall–Kier alpha value is -0.200. The van der Waals surface area contributed by atoms with Gasteiger partial charge >= 0.3 is 0 Å². The molecule has 2 N–H and O–H groups in total. The van der Waals surface area contributed by atoms with Crippen molar-refractivity contribution in [1.29, 1.82) is 0 Å². The number of rotatable bonds is 11. The van der Waals surface area contributed by atoms with Gasteiger partial charge in [-0.3, -0.25) is 4.90 Å². The van der Waals surface area contributed by atoms with Gasteiger partial charge in [0.25, 0.3) is 0 Å². The van der Waals surface area contributed by atoms with Gasteiger partial charge in [-0.1, -0.05) is 0 Å². The highest BCUT2D eigenvalue weighted by atomic mass is 16.5. The number of ether oxygens (including phenoxy) is 2. The van der Waals surface area contributed by atoms with Crippen molar-refractivity contribution < 1.29 is 14.6 Å². The van der Waals surface area contributed by atoms with Crippen molar-refractivity contribution in [3.63, 3.8) is 0 Å². The Morgan fingerprint density at radius 2 is 2.06 bits per heavy atom. The van der Waals surface area contributed by atoms with Crippen molar-refractivity contribution in [2.45, 2.75) is 38.0 Å². The Bertz CT molecular complexity index is 212. The maximum Gasteiger partial charge on any atom is 0.0791 e. The maximum absolute atomic E-state index is 10.0. The van der Waals surface area contributed by atoms with Crippen LogP contribution >= 0.6 is 0 Å². The first-order chi connectivity index (χ1) is 8.67. The summed E-state index contributed by atoms with van der Waals surface area (Å²) in [6.07, 6.45) is 2.17. The fraction of sp³-hybridized carbons (Fsp3) is 1.00. The lowest BCUT2D eigenvalue weighted by atomic mass is 10.2. The van der Waals surface area contributed by atoms with Crippen LogP contribution in [0.3, 0.4) is 0 Å². The summed E-state index contributed by atoms with van der Waals surface area (Å²) in [4.78, 5) is 2.21. The standard InChI is InChI=1S/C13H28N2O3/c1-11(10-18-3)15(6-7-17-2)9-13(16)8-14-12-4-5-12/h11-14,16H,4-10H2,1-3H3. The third kappa shape index (κ3) is 6.66. The monoisotopic (exact) mass is 260 g/mol. The van der Waals surface area contributed by atoms with Crippen LogP contribution in [0.4, 0.5) is 0 Å². The van der Waals surface area contributed by atoms with Gasteiger partial charge < -0.3 is 19.9 Å². The molecule has 0 aromatic carbocycles. The van der Waals surface area contributed by atoms with Gasteiger partial charge in [0.1, 0.15) is 0 Å². The van der Waals surface area contributed by atoms with Crippen molar-refractivity contribution in [1.82, 2.24) is 10.2 Å². The van der Waals surface area contributed by atoms with E-state index in [9.17, 15) is 5.11 Å². The number of aliphatic hydroxyl groups excluding tert-OH is 1. The smallest absolute Gasteiger partial charge is 0.0791 e. The summed E-state index contributed by atoms with van der Waals surface area (Å²) in [6, 6.07) is 0.934. The summed E-state index contributed by atoms with van der Waals surface area (Å²) >= 11 is 0. The molecule has 1 rings (SSSR count). The molecule has 0 amide bonds. The first-order valence-electron chi connectivity index (χ1n) is 6.80. The summed E-state index contributed by atoms with van der Waals surface area (Å²) in [6.45, 7) is 5.62. The highest BCUT2D eigenvalue weighted by Gasteiger charge is 2.23. The van der Waals surface area contributed by atoms with Gasteiger partial charge in [-0.2, -0.15) is 0 Å². The second kappa shape index (κ2) is 8.82. The molecule has 0 aromatic heterocycles. The molecule has 2 atom stereocenters. The molecule has 1 fully saturated rings. The summed E-state index contributed by atoms with van der Waals surface area (Å²) in [5.74, 6) is 0. The minimum absolute atomic E-state index is 0.292. The molecule has 0 radical (unpaired) electrons. The van der Waals surface area contributed by atoms with E-state index >= 15 is 0 Å². The van der Waals surface area contributed by atoms with Crippen LogP contribution in [0.1, 0.15) is 19.8 Å². The summed E-state index contributed by atoms with van der Waals surface area (Å²) in [5.41, 5.74) is 0. The van der Waals surface area contributed by atoms with Crippen molar-refractivity contribution in [3.05, 3.63) is 0 Å². The van der Waals surface area contributed by atoms with Crippen LogP contribution in [0.5, 0.6) is 0 Å². The zero-order chi connectivity index (χ0) is 13.4. The molecule has 1 aliphatic carbocycles. The lowest BCUT2D eigenvalue weighted by Gasteiger charge is -2.30. The fourth-order valence-corrected chi connectivity index (χ4v) is 1.97. The Morgan fingerprint density at radius 3 is 2.61 bits per heavy atom. The molecule has 5 nitrogen and oxygen atoms in total. The average molecular weight is 260 g/mol. The Labute approximate surface area is 110 Å². The first kappa shape index (κ1) is 15.9. The van der Waals surface area contributed by atoms with Gasteiger partial charge in [0.2, 0.25) is 0 Å². The predicted molar refractivity (Wildman–Crippen MR) is 71.8 cm³/mol. The van der Waals surface area contributed by atoms with Crippen LogP contribution in [0, 0.1) is 0 Å². The van der Waals surface area contributed by atoms with Crippen LogP contribution < -0.4 is 5.32 Å². The second-order valence-electron chi connectivity index (χ2n) is 5.13. The molecular weight excluding hydrogens is 232 g/mol. The highest BCUT2D eigenvalue weighted by Crippen LogP contribution is 2.18. The average Bonchev–Trinajstić information content (AvgIpc) is 3.16. The molecule has 2 unspecified atom stereocenters. The quantitative estimate of drug-likeness (QED) is 0.551. The van der Waals surface area contributed by atoms with E-state index in [2.05, 4.69) is 17.1 Å². The van der Waals surface area contributed by atoms with E-state index in [0.29, 0.717) is 38.4 Å². The Kier molecular flexibility index (Phi) is 7.77. The molecule has 0 heterocycles. The van der Waals surface area contributed by atoms with Gasteiger partial charge in [0.05, 0.1) is 19.3 Å². The molecule has 5 heteroatoms. The zero-order valence-electron chi connectivity index (χ0n) is 11.9. The van der Waals surface area contributed by atoms with Crippen molar-refractivity contribution >= 4 is 0 Å². The number of hydrogen-bond acceptors (Lipinski definition) is 5. The number of methoxy groups -OCH3 is 2. The molecule has 108 valence electrons. The molecule has 0 saturated heterocycles. The van der Waals surface area contributed by atoms with E-state index in [-0.39, 0.29) is 6.10 Å². The lowest BCUT2D eigenvalue weighted by Crippen LogP contribution is -2.45. The van der Waals surface area contributed by atoms with E-state index in [0.717, 1.165) is 6.54 Å². The number of hydrogen-bond donors (Lipinski definition) is 2. The molecular formula is C13H28N2O3. The second-order valence-corrected chi connectivity index (χ2v) is 5.13. The zero-order valence-corrected chi connectivity index (χ0v) is 11.9. The van der Waals surface area contributed by atoms with Gasteiger partial charge in [-0.05, 0) is 19.8 Å². The Balaban J connectivity index is 2.27. The number of nitrogens with zero attached hydrogens (tertiary/aromatic N) is 1. The van der Waals surface area contributed by atoms with E-state index in [1.807, 2.05) is 0 Å². The highest BCUT2D eigenvalue weighted by molar-refractivity contribution is 4.82. The van der Waals surface area contributed by atoms with E-state index in [1.54, 1.807) is 14.2 Å². The lowest BCUT2D eigenvalue weighted by molar-refractivity contribution is 0.0390. The van der Waals surface area contributed by atoms with Crippen LogP contribution in [0.15, 0.2) is 0 Å². The SMILES string of the molecule is COCCN(CC(O)CNC1CC1)C(C)COC. The Morgan fingerprint density at radius 1 is 1.33 bits per heavy atom. The van der Waals surface area contributed by atoms with Crippen molar-refractivity contribution in [2.75, 3.05) is 47.1 Å². The minimum atomic E-state index is -0.332. The normalized spacial score (nSPS) is 19.2. The van der Waals surface area contributed by atoms with E-state index in [1.165, 1.54) is 12.8 Å². The largest absolute Gasteiger partial charge is 0.390 e. The van der Waals surface area contributed by atoms with Gasteiger partial charge in [-0.25, -0.2) is 0 Å². The van der Waals surface area contributed by atoms with Crippen LogP contribution in [0.2, 0.25) is 0 Å². The topological polar surface area (TPSA) is 54.0 Å². The van der Waals surface area contributed by atoms with Crippen LogP contribution in [-0.2, 0) is 9.47 Å². The molecule has 1 aliphatic rings. The molecule has 0 spiro atoms. The molecule has 1 saturated carbocycles. The molecule has 0 aliphatic heterocycles. The van der Waals surface area contributed by atoms with E-state index in [4.69, 9.17) is 9.47 Å². The predicted octanol–water partition coefficient (Wildman–Crippen LogP) is 0.0826. The van der Waals surface area contributed by atoms with Crippen molar-refractivity contribution in [3.8, 4) is 0 Å². The van der Waals surface area contributed by atoms with Gasteiger partial charge in [0.15, 0.2) is 0 Å². The maximum atomic E-state index is 10.0. The van der Waals surface area contributed by atoms with Crippen LogP contribution in [-0.4, -0.2) is 75.3 Å². The number of nitrogens with one attached hydrogen (secondary N) is 1. The third-order valence-corrected chi connectivity index (χ3v) is 3.28. The summed E-state index contributed by atoms with van der Waals surface area (Å²) < 4.78 is 10.3. The minimum Gasteiger partial charge on any atom is -0.390 e. The summed E-state index contributed by atoms with van der Waals surface area (Å²) in [5, 5.41) is 13.4. The molecule has 18 heavy (non-hydrogen) atoms. The van der Waals surface area contributed by atoms with Crippen molar-refractivity contribution in [2.24, 2.45) is 0 Å². The third-order valence-electron chi connectivity index (χ3n) is 3.28. The number of aliphatic hydroxyl groups is 1.